The molecular formula is C38H43BN2O6. The summed E-state index contributed by atoms with van der Waals surface area (Å²) in [6.07, 6.45) is 4.66. The largest absolute Gasteiger partial charge is 0.507 e. The maximum Gasteiger partial charge on any atom is 0.455 e. The van der Waals surface area contributed by atoms with Crippen molar-refractivity contribution in [3.05, 3.63) is 100 Å². The van der Waals surface area contributed by atoms with Crippen LogP contribution in [0.2, 0.25) is 6.32 Å². The van der Waals surface area contributed by atoms with Crippen LogP contribution in [0.3, 0.4) is 0 Å². The molecule has 2 aliphatic heterocycles. The number of para-hydroxylation sites is 1. The molecule has 47 heavy (non-hydrogen) atoms. The average molecular weight is 635 g/mol. The number of carbonyl (C=O) groups is 2. The van der Waals surface area contributed by atoms with E-state index in [0.29, 0.717) is 30.9 Å². The fraction of sp³-hybridized carbons (Fsp3) is 0.368. The summed E-state index contributed by atoms with van der Waals surface area (Å²) in [5, 5.41) is 24.5. The molecular weight excluding hydrogens is 591 g/mol. The topological polar surface area (TPSA) is 108 Å². The number of allylic oxidation sites excluding steroid dienone is 1. The van der Waals surface area contributed by atoms with E-state index in [1.54, 1.807) is 19.2 Å². The molecule has 0 saturated carbocycles. The summed E-state index contributed by atoms with van der Waals surface area (Å²) in [5.41, 5.74) is 8.29. The van der Waals surface area contributed by atoms with E-state index in [0.717, 1.165) is 52.1 Å². The van der Waals surface area contributed by atoms with Crippen LogP contribution in [0, 0.1) is 31.6 Å². The van der Waals surface area contributed by atoms with E-state index in [4.69, 9.17) is 9.39 Å². The van der Waals surface area contributed by atoms with Gasteiger partial charge in [0.2, 0.25) is 11.8 Å². The lowest BCUT2D eigenvalue weighted by Gasteiger charge is -2.43. The number of carbonyl (C=O) groups excluding carboxylic acids is 2. The van der Waals surface area contributed by atoms with Gasteiger partial charge in [-0.05, 0) is 128 Å². The summed E-state index contributed by atoms with van der Waals surface area (Å²) in [6.45, 7) is 6.26. The standard InChI is InChI=1S/C38H43BN2O6/c1-5-25(19-26-17-23(2)36(42)24(3)18-26)11-16-33-34-27(22-46-4)20-31-35(32(34)21-39(45)47-33)38(44)41(37(31)43)30-14-12-29(13-15-30)40-28-9-7-6-8-10-28/h6-10,12-15,17-19,31-33,35,40,42,45H,5,11,16,20-22H2,1-4H3/b25-19+/t31-,32+,33-,35-/m1/s1. The number of imide groups is 1. The third-order valence-electron chi connectivity index (χ3n) is 9.88. The molecule has 3 aromatic rings. The first-order valence-corrected chi connectivity index (χ1v) is 16.5. The Morgan fingerprint density at radius 1 is 1.02 bits per heavy atom. The molecule has 3 aromatic carbocycles. The van der Waals surface area contributed by atoms with Gasteiger partial charge in [-0.3, -0.25) is 14.5 Å². The van der Waals surface area contributed by atoms with Gasteiger partial charge >= 0.3 is 7.12 Å². The number of phenols is 1. The number of nitrogens with one attached hydrogen (secondary N) is 1. The van der Waals surface area contributed by atoms with Gasteiger partial charge in [-0.2, -0.15) is 0 Å². The normalized spacial score (nSPS) is 22.9. The molecule has 2 saturated heterocycles. The second-order valence-electron chi connectivity index (χ2n) is 13.0. The maximum absolute atomic E-state index is 14.1. The van der Waals surface area contributed by atoms with Gasteiger partial charge in [0, 0.05) is 18.5 Å². The highest BCUT2D eigenvalue weighted by molar-refractivity contribution is 6.43. The minimum Gasteiger partial charge on any atom is -0.507 e. The quantitative estimate of drug-likeness (QED) is 0.126. The fourth-order valence-corrected chi connectivity index (χ4v) is 7.68. The number of anilines is 3. The van der Waals surface area contributed by atoms with E-state index in [-0.39, 0.29) is 24.1 Å². The van der Waals surface area contributed by atoms with E-state index < -0.39 is 25.1 Å². The van der Waals surface area contributed by atoms with Crippen molar-refractivity contribution in [1.82, 2.24) is 0 Å². The first-order valence-electron chi connectivity index (χ1n) is 16.5. The summed E-state index contributed by atoms with van der Waals surface area (Å²) in [5.74, 6) is -1.50. The Hall–Kier alpha value is -4.18. The maximum atomic E-state index is 14.1. The summed E-state index contributed by atoms with van der Waals surface area (Å²) < 4.78 is 11.8. The number of methoxy groups -OCH3 is 1. The van der Waals surface area contributed by atoms with Crippen LogP contribution in [0.4, 0.5) is 17.1 Å². The Morgan fingerprint density at radius 3 is 2.36 bits per heavy atom. The zero-order valence-corrected chi connectivity index (χ0v) is 27.5. The van der Waals surface area contributed by atoms with Crippen LogP contribution < -0.4 is 10.2 Å². The van der Waals surface area contributed by atoms with Crippen molar-refractivity contribution in [1.29, 1.82) is 0 Å². The zero-order valence-electron chi connectivity index (χ0n) is 27.5. The first-order chi connectivity index (χ1) is 22.7. The van der Waals surface area contributed by atoms with Gasteiger partial charge in [-0.25, -0.2) is 0 Å². The summed E-state index contributed by atoms with van der Waals surface area (Å²) in [6, 6.07) is 21.1. The zero-order chi connectivity index (χ0) is 33.2. The Morgan fingerprint density at radius 2 is 1.70 bits per heavy atom. The number of aryl methyl sites for hydroxylation is 2. The SMILES string of the molecule is CC/C(=C\c1cc(C)c(O)c(C)c1)CC[C@H]1OB(O)C[C@H]2C1=C(COC)C[C@H]1C(=O)N(c3ccc(Nc4ccccc4)cc3)C(=O)[C@H]12. The Balaban J connectivity index is 1.24. The molecule has 1 aliphatic carbocycles. The van der Waals surface area contributed by atoms with Gasteiger partial charge in [-0.1, -0.05) is 36.8 Å². The molecule has 0 aromatic heterocycles. The highest BCUT2D eigenvalue weighted by Gasteiger charge is 2.57. The van der Waals surface area contributed by atoms with Crippen molar-refractivity contribution in [3.63, 3.8) is 0 Å². The number of hydrogen-bond donors (Lipinski definition) is 3. The molecule has 9 heteroatoms. The molecule has 2 fully saturated rings. The second-order valence-corrected chi connectivity index (χ2v) is 13.0. The Labute approximate surface area is 277 Å². The van der Waals surface area contributed by atoms with E-state index in [2.05, 4.69) is 18.3 Å². The van der Waals surface area contributed by atoms with E-state index in [1.807, 2.05) is 68.4 Å². The van der Waals surface area contributed by atoms with Crippen molar-refractivity contribution in [2.45, 2.75) is 58.9 Å². The molecule has 3 aliphatic rings. The Kier molecular flexibility index (Phi) is 9.68. The summed E-state index contributed by atoms with van der Waals surface area (Å²) >= 11 is 0. The molecule has 0 unspecified atom stereocenters. The highest BCUT2D eigenvalue weighted by atomic mass is 16.5. The molecule has 2 heterocycles. The molecule has 6 rings (SSSR count). The highest BCUT2D eigenvalue weighted by Crippen LogP contribution is 2.51. The third-order valence-corrected chi connectivity index (χ3v) is 9.88. The van der Waals surface area contributed by atoms with Crippen molar-refractivity contribution in [2.24, 2.45) is 17.8 Å². The predicted molar refractivity (Wildman–Crippen MR) is 185 cm³/mol. The molecule has 244 valence electrons. The van der Waals surface area contributed by atoms with Crippen molar-refractivity contribution in [2.75, 3.05) is 23.9 Å². The van der Waals surface area contributed by atoms with Crippen LogP contribution in [-0.4, -0.2) is 48.9 Å². The minimum atomic E-state index is -1.03. The van der Waals surface area contributed by atoms with Crippen LogP contribution in [0.5, 0.6) is 5.75 Å². The van der Waals surface area contributed by atoms with E-state index >= 15 is 0 Å². The lowest BCUT2D eigenvalue weighted by atomic mass is 9.58. The van der Waals surface area contributed by atoms with Crippen LogP contribution >= 0.6 is 0 Å². The second kappa shape index (κ2) is 13.9. The number of phenolic OH excluding ortho intramolecular Hbond substituents is 1. The molecule has 3 N–H and O–H groups in total. The van der Waals surface area contributed by atoms with Gasteiger partial charge in [-0.15, -0.1) is 0 Å². The number of aromatic hydroxyl groups is 1. The van der Waals surface area contributed by atoms with Crippen molar-refractivity contribution >= 4 is 42.1 Å². The molecule has 0 radical (unpaired) electrons. The summed E-state index contributed by atoms with van der Waals surface area (Å²) in [7, 11) is 0.605. The number of benzene rings is 3. The number of fused-ring (bicyclic) bond motifs is 3. The summed E-state index contributed by atoms with van der Waals surface area (Å²) in [4.78, 5) is 29.4. The number of nitrogens with zero attached hydrogens (tertiary/aromatic N) is 1. The van der Waals surface area contributed by atoms with Crippen molar-refractivity contribution < 1.29 is 29.1 Å². The number of hydrogen-bond acceptors (Lipinski definition) is 7. The first kappa shape index (κ1) is 32.8. The average Bonchev–Trinajstić information content (AvgIpc) is 3.31. The molecule has 2 amide bonds. The van der Waals surface area contributed by atoms with Crippen LogP contribution in [-0.2, 0) is 19.0 Å². The van der Waals surface area contributed by atoms with Gasteiger partial charge in [0.25, 0.3) is 0 Å². The van der Waals surface area contributed by atoms with E-state index in [9.17, 15) is 19.7 Å². The van der Waals surface area contributed by atoms with E-state index in [1.165, 1.54) is 10.5 Å². The van der Waals surface area contributed by atoms with Gasteiger partial charge < -0.3 is 24.8 Å². The lowest BCUT2D eigenvalue weighted by molar-refractivity contribution is -0.122. The third kappa shape index (κ3) is 6.66. The Bertz CT molecular complexity index is 1680. The number of ether oxygens (including phenoxy) is 1. The lowest BCUT2D eigenvalue weighted by Crippen LogP contribution is -2.46. The smallest absolute Gasteiger partial charge is 0.455 e. The molecule has 0 spiro atoms. The molecule has 8 nitrogen and oxygen atoms in total. The van der Waals surface area contributed by atoms with Gasteiger partial charge in [0.05, 0.1) is 30.2 Å². The fourth-order valence-electron chi connectivity index (χ4n) is 7.68. The molecule has 4 atom stereocenters. The van der Waals surface area contributed by atoms with Gasteiger partial charge in [0.1, 0.15) is 5.75 Å². The minimum absolute atomic E-state index is 0.204. The number of amides is 2. The van der Waals surface area contributed by atoms with Crippen LogP contribution in [0.1, 0.15) is 49.3 Å². The monoisotopic (exact) mass is 634 g/mol. The predicted octanol–water partition coefficient (Wildman–Crippen LogP) is 6.97. The van der Waals surface area contributed by atoms with Crippen LogP contribution in [0.15, 0.2) is 83.4 Å². The number of rotatable bonds is 10. The van der Waals surface area contributed by atoms with Gasteiger partial charge in [0.15, 0.2) is 0 Å². The van der Waals surface area contributed by atoms with Crippen molar-refractivity contribution in [3.8, 4) is 5.75 Å². The van der Waals surface area contributed by atoms with Crippen LogP contribution in [0.25, 0.3) is 6.08 Å². The molecule has 0 bridgehead atoms.